The van der Waals surface area contributed by atoms with Gasteiger partial charge in [-0.3, -0.25) is 0 Å². The summed E-state index contributed by atoms with van der Waals surface area (Å²) in [5, 5.41) is 0. The molecule has 0 N–H and O–H groups in total. The molecule has 0 saturated heterocycles. The van der Waals surface area contributed by atoms with E-state index < -0.39 is 23.1 Å². The lowest BCUT2D eigenvalue weighted by atomic mass is 9.94. The van der Waals surface area contributed by atoms with Gasteiger partial charge in [-0.2, -0.15) is 26.3 Å². The first-order valence-corrected chi connectivity index (χ1v) is 6.32. The quantitative estimate of drug-likeness (QED) is 0.530. The smallest absolute Gasteiger partial charge is 0.401 e. The summed E-state index contributed by atoms with van der Waals surface area (Å²) < 4.78 is 80.8. The Bertz CT molecular complexity index is 454. The predicted octanol–water partition coefficient (Wildman–Crippen LogP) is 5.18. The lowest BCUT2D eigenvalue weighted by Gasteiger charge is -2.28. The van der Waals surface area contributed by atoms with Gasteiger partial charge in [0.2, 0.25) is 0 Å². The van der Waals surface area contributed by atoms with E-state index in [1.165, 1.54) is 32.2 Å². The second-order valence-electron chi connectivity index (χ2n) is 4.19. The zero-order chi connectivity index (χ0) is 15.7. The lowest BCUT2D eigenvalue weighted by molar-refractivity contribution is -0.283. The fraction of sp³-hybridized carbons (Fsp3) is 0.500. The van der Waals surface area contributed by atoms with Crippen LogP contribution in [0.3, 0.4) is 0 Å². The molecule has 8 heteroatoms. The van der Waals surface area contributed by atoms with Gasteiger partial charge in [0.15, 0.2) is 5.92 Å². The minimum absolute atomic E-state index is 0.0783. The minimum Gasteiger partial charge on any atom is -0.497 e. The Morgan fingerprint density at radius 1 is 1.05 bits per heavy atom. The molecule has 1 aromatic carbocycles. The van der Waals surface area contributed by atoms with Crippen LogP contribution in [-0.2, 0) is 0 Å². The maximum Gasteiger partial charge on any atom is 0.401 e. The van der Waals surface area contributed by atoms with Crippen molar-refractivity contribution >= 4 is 15.9 Å². The highest BCUT2D eigenvalue weighted by Gasteiger charge is 2.60. The molecule has 0 saturated carbocycles. The molecule has 1 atom stereocenters. The first-order valence-electron chi connectivity index (χ1n) is 5.40. The van der Waals surface area contributed by atoms with Crippen molar-refractivity contribution < 1.29 is 31.1 Å². The van der Waals surface area contributed by atoms with E-state index in [9.17, 15) is 26.3 Å². The monoisotopic (exact) mass is 364 g/mol. The number of benzene rings is 1. The van der Waals surface area contributed by atoms with E-state index >= 15 is 0 Å². The zero-order valence-corrected chi connectivity index (χ0v) is 12.0. The van der Waals surface area contributed by atoms with Gasteiger partial charge in [0.1, 0.15) is 5.75 Å². The number of ether oxygens (including phenoxy) is 1. The minimum atomic E-state index is -5.39. The third-order valence-electron chi connectivity index (χ3n) is 2.77. The number of methoxy groups -OCH3 is 1. The summed E-state index contributed by atoms with van der Waals surface area (Å²) in [7, 11) is 1.36. The highest BCUT2D eigenvalue weighted by Crippen LogP contribution is 2.50. The molecule has 0 bridgehead atoms. The summed E-state index contributed by atoms with van der Waals surface area (Å²) in [6, 6.07) is 3.89. The normalized spacial score (nSPS) is 14.5. The second-order valence-corrected chi connectivity index (χ2v) is 5.17. The Morgan fingerprint density at radius 2 is 1.55 bits per heavy atom. The van der Waals surface area contributed by atoms with Crippen LogP contribution < -0.4 is 4.74 Å². The number of hydrogen-bond donors (Lipinski definition) is 0. The van der Waals surface area contributed by atoms with Crippen molar-refractivity contribution in [3.63, 3.8) is 0 Å². The Morgan fingerprint density at radius 3 is 1.90 bits per heavy atom. The van der Waals surface area contributed by atoms with Crippen molar-refractivity contribution in [3.05, 3.63) is 29.3 Å². The van der Waals surface area contributed by atoms with Crippen LogP contribution in [0.25, 0.3) is 0 Å². The second kappa shape index (κ2) is 5.83. The standard InChI is InChI=1S/C12H11BrF6O/c1-6-5-7(20-2)3-4-8(6)9(13)10(11(14,15)16)12(17,18)19/h3-5,9-10H,1-2H3. The number of hydrogen-bond acceptors (Lipinski definition) is 1. The fourth-order valence-corrected chi connectivity index (χ4v) is 2.89. The molecule has 20 heavy (non-hydrogen) atoms. The molecule has 0 fully saturated rings. The van der Waals surface area contributed by atoms with Crippen LogP contribution in [0.2, 0.25) is 0 Å². The molecule has 0 heterocycles. The molecule has 0 radical (unpaired) electrons. The molecule has 114 valence electrons. The number of alkyl halides is 7. The Hall–Kier alpha value is -0.920. The molecule has 0 spiro atoms. The van der Waals surface area contributed by atoms with Crippen molar-refractivity contribution in [1.82, 2.24) is 0 Å². The average molecular weight is 365 g/mol. The van der Waals surface area contributed by atoms with Crippen LogP contribution in [0.1, 0.15) is 16.0 Å². The summed E-state index contributed by atoms with van der Waals surface area (Å²) >= 11 is 2.54. The molecule has 0 aromatic heterocycles. The number of halogens is 7. The van der Waals surface area contributed by atoms with E-state index in [1.807, 2.05) is 0 Å². The molecule has 0 aliphatic carbocycles. The molecule has 0 aliphatic rings. The third-order valence-corrected chi connectivity index (χ3v) is 3.79. The highest BCUT2D eigenvalue weighted by atomic mass is 79.9. The maximum atomic E-state index is 12.7. The fourth-order valence-electron chi connectivity index (χ4n) is 1.78. The number of aryl methyl sites for hydroxylation is 1. The van der Waals surface area contributed by atoms with Crippen LogP contribution in [0.4, 0.5) is 26.3 Å². The molecule has 1 aromatic rings. The molecular formula is C12H11BrF6O. The summed E-state index contributed by atoms with van der Waals surface area (Å²) in [5.74, 6) is -3.11. The van der Waals surface area contributed by atoms with Gasteiger partial charge in [0.25, 0.3) is 0 Å². The molecule has 0 aliphatic heterocycles. The summed E-state index contributed by atoms with van der Waals surface area (Å²) in [6.07, 6.45) is -10.8. The topological polar surface area (TPSA) is 9.23 Å². The third kappa shape index (κ3) is 3.80. The molecular weight excluding hydrogens is 354 g/mol. The Kier molecular flexibility index (Phi) is 4.99. The van der Waals surface area contributed by atoms with Gasteiger partial charge in [-0.1, -0.05) is 22.0 Å². The molecule has 1 rings (SSSR count). The van der Waals surface area contributed by atoms with E-state index in [-0.39, 0.29) is 11.1 Å². The van der Waals surface area contributed by atoms with E-state index in [4.69, 9.17) is 4.74 Å². The van der Waals surface area contributed by atoms with Crippen molar-refractivity contribution in [2.45, 2.75) is 24.1 Å². The molecule has 1 unspecified atom stereocenters. The average Bonchev–Trinajstić information content (AvgIpc) is 2.24. The SMILES string of the molecule is COc1ccc(C(Br)C(C(F)(F)F)C(F)(F)F)c(C)c1. The summed E-state index contributed by atoms with van der Waals surface area (Å²) in [6.45, 7) is 1.43. The predicted molar refractivity (Wildman–Crippen MR) is 65.0 cm³/mol. The summed E-state index contributed by atoms with van der Waals surface area (Å²) in [5.41, 5.74) is 0.204. The first kappa shape index (κ1) is 17.1. The van der Waals surface area contributed by atoms with Gasteiger partial charge in [-0.25, -0.2) is 0 Å². The first-order chi connectivity index (χ1) is 8.98. The Labute approximate surface area is 120 Å². The van der Waals surface area contributed by atoms with Gasteiger partial charge in [-0.05, 0) is 30.2 Å². The van der Waals surface area contributed by atoms with E-state index in [2.05, 4.69) is 15.9 Å². The van der Waals surface area contributed by atoms with Crippen LogP contribution in [0.15, 0.2) is 18.2 Å². The largest absolute Gasteiger partial charge is 0.497 e. The van der Waals surface area contributed by atoms with Gasteiger partial charge in [0, 0.05) is 0 Å². The van der Waals surface area contributed by atoms with Crippen LogP contribution >= 0.6 is 15.9 Å². The lowest BCUT2D eigenvalue weighted by Crippen LogP contribution is -2.39. The molecule has 0 amide bonds. The Balaban J connectivity index is 3.23. The van der Waals surface area contributed by atoms with Crippen LogP contribution in [0.5, 0.6) is 5.75 Å². The van der Waals surface area contributed by atoms with Gasteiger partial charge < -0.3 is 4.74 Å². The van der Waals surface area contributed by atoms with Crippen LogP contribution in [0, 0.1) is 12.8 Å². The van der Waals surface area contributed by atoms with Crippen molar-refractivity contribution in [1.29, 1.82) is 0 Å². The highest BCUT2D eigenvalue weighted by molar-refractivity contribution is 9.09. The van der Waals surface area contributed by atoms with Crippen LogP contribution in [-0.4, -0.2) is 19.5 Å². The van der Waals surface area contributed by atoms with Crippen molar-refractivity contribution in [2.24, 2.45) is 5.92 Å². The maximum absolute atomic E-state index is 12.7. The van der Waals surface area contributed by atoms with E-state index in [1.54, 1.807) is 0 Å². The van der Waals surface area contributed by atoms with E-state index in [0.717, 1.165) is 0 Å². The molecule has 1 nitrogen and oxygen atoms in total. The number of rotatable bonds is 3. The zero-order valence-electron chi connectivity index (χ0n) is 10.4. The summed E-state index contributed by atoms with van der Waals surface area (Å²) in [4.78, 5) is -1.91. The van der Waals surface area contributed by atoms with E-state index in [0.29, 0.717) is 5.75 Å². The van der Waals surface area contributed by atoms with Crippen molar-refractivity contribution in [2.75, 3.05) is 7.11 Å². The van der Waals surface area contributed by atoms with Gasteiger partial charge >= 0.3 is 12.4 Å². The van der Waals surface area contributed by atoms with Gasteiger partial charge in [-0.15, -0.1) is 0 Å². The van der Waals surface area contributed by atoms with Gasteiger partial charge in [0.05, 0.1) is 11.9 Å². The van der Waals surface area contributed by atoms with Crippen molar-refractivity contribution in [3.8, 4) is 5.75 Å².